The Bertz CT molecular complexity index is 1730. The molecule has 1 fully saturated rings. The summed E-state index contributed by atoms with van der Waals surface area (Å²) < 4.78 is 23.3. The van der Waals surface area contributed by atoms with Crippen molar-refractivity contribution in [3.63, 3.8) is 0 Å². The number of halogens is 1. The van der Waals surface area contributed by atoms with Crippen LogP contribution in [0.2, 0.25) is 0 Å². The Balaban J connectivity index is 0.00000226. The third-order valence-electron chi connectivity index (χ3n) is 7.97. The summed E-state index contributed by atoms with van der Waals surface area (Å²) in [7, 11) is 0. The zero-order valence-electron chi connectivity index (χ0n) is 26.5. The van der Waals surface area contributed by atoms with E-state index in [-0.39, 0.29) is 48.2 Å². The Morgan fingerprint density at radius 3 is 2.62 bits per heavy atom. The molecule has 5 rings (SSSR count). The molecule has 2 aliphatic rings. The van der Waals surface area contributed by atoms with E-state index in [1.807, 2.05) is 38.7 Å². The predicted octanol–water partition coefficient (Wildman–Crippen LogP) is 5.06. The van der Waals surface area contributed by atoms with Gasteiger partial charge in [-0.2, -0.15) is 4.98 Å². The summed E-state index contributed by atoms with van der Waals surface area (Å²) in [5.74, 6) is -0.400. The second kappa shape index (κ2) is 13.8. The van der Waals surface area contributed by atoms with E-state index in [4.69, 9.17) is 10.5 Å². The number of carbonyl (C=O) groups excluding carboxylic acids is 1. The van der Waals surface area contributed by atoms with E-state index in [2.05, 4.69) is 23.1 Å². The van der Waals surface area contributed by atoms with Crippen molar-refractivity contribution in [1.82, 2.24) is 14.5 Å². The zero-order valence-corrected chi connectivity index (χ0v) is 26.5. The van der Waals surface area contributed by atoms with Gasteiger partial charge in [-0.1, -0.05) is 38.6 Å². The standard InChI is InChI=1S/C32H35FN6O4.C2H6/c1-6-26(41)37-15-20(5)38(16-19(37)4)31-23-13-22(18(2)3)27(28-24(33)9-7-10-25(28)40)30-29(23)39(32(42)36-31)21(17-43-30)14-35-12-8-11-34;1-2/h6-13,19-21,40H,1-2,14-17,34H2,3-5H3;1-2H3/b11-8-,35-12?;/t19-,20+,21-;/m1./s1. The third kappa shape index (κ3) is 6.07. The van der Waals surface area contributed by atoms with Crippen LogP contribution in [0.25, 0.3) is 27.6 Å². The number of phenols is 1. The molecule has 238 valence electrons. The minimum absolute atomic E-state index is 0.0437. The average molecular weight is 617 g/mol. The number of hydrogen-bond donors (Lipinski definition) is 2. The van der Waals surface area contributed by atoms with Crippen LogP contribution in [-0.2, 0) is 4.79 Å². The Hall–Kier alpha value is -4.93. The minimum atomic E-state index is -0.643. The first kappa shape index (κ1) is 33.0. The monoisotopic (exact) mass is 616 g/mol. The summed E-state index contributed by atoms with van der Waals surface area (Å²) in [5.41, 5.74) is 6.73. The Labute approximate surface area is 262 Å². The van der Waals surface area contributed by atoms with Crippen LogP contribution in [0.1, 0.15) is 46.2 Å². The number of aliphatic imine (C=N–C) groups is 1. The summed E-state index contributed by atoms with van der Waals surface area (Å²) >= 11 is 0. The van der Waals surface area contributed by atoms with Gasteiger partial charge in [0, 0.05) is 42.3 Å². The van der Waals surface area contributed by atoms with E-state index in [1.165, 1.54) is 35.0 Å². The highest BCUT2D eigenvalue weighted by Gasteiger charge is 2.36. The lowest BCUT2D eigenvalue weighted by Gasteiger charge is -2.45. The summed E-state index contributed by atoms with van der Waals surface area (Å²) in [6.45, 7) is 18.5. The molecule has 1 saturated heterocycles. The van der Waals surface area contributed by atoms with E-state index in [0.717, 1.165) is 0 Å². The summed E-state index contributed by atoms with van der Waals surface area (Å²) in [4.78, 5) is 39.1. The van der Waals surface area contributed by atoms with E-state index in [1.54, 1.807) is 24.1 Å². The van der Waals surface area contributed by atoms with Gasteiger partial charge in [-0.15, -0.1) is 0 Å². The molecule has 3 atom stereocenters. The van der Waals surface area contributed by atoms with Gasteiger partial charge in [0.05, 0.1) is 23.7 Å². The number of nitrogens with two attached hydrogens (primary N) is 1. The normalized spacial score (nSPS) is 19.4. The number of anilines is 1. The number of benzene rings is 2. The molecule has 10 nitrogen and oxygen atoms in total. The molecule has 45 heavy (non-hydrogen) atoms. The predicted molar refractivity (Wildman–Crippen MR) is 179 cm³/mol. The molecule has 3 heterocycles. The number of amides is 1. The smallest absolute Gasteiger partial charge is 0.350 e. The maximum absolute atomic E-state index is 15.4. The molecule has 1 amide bonds. The molecule has 0 aliphatic carbocycles. The van der Waals surface area contributed by atoms with Gasteiger partial charge in [0.2, 0.25) is 5.91 Å². The average Bonchev–Trinajstić information content (AvgIpc) is 3.02. The van der Waals surface area contributed by atoms with Crippen molar-refractivity contribution in [2.24, 2.45) is 10.7 Å². The highest BCUT2D eigenvalue weighted by atomic mass is 19.1. The lowest BCUT2D eigenvalue weighted by Crippen LogP contribution is -2.58. The number of allylic oxidation sites excluding steroid dienone is 2. The van der Waals surface area contributed by atoms with Gasteiger partial charge >= 0.3 is 5.69 Å². The maximum Gasteiger partial charge on any atom is 0.350 e. The Kier molecular flexibility index (Phi) is 10.1. The van der Waals surface area contributed by atoms with Crippen LogP contribution < -0.4 is 21.1 Å². The Morgan fingerprint density at radius 2 is 1.98 bits per heavy atom. The molecule has 1 aromatic heterocycles. The lowest BCUT2D eigenvalue weighted by molar-refractivity contribution is -0.128. The van der Waals surface area contributed by atoms with Crippen molar-refractivity contribution >= 4 is 34.4 Å². The summed E-state index contributed by atoms with van der Waals surface area (Å²) in [6, 6.07) is 5.03. The second-order valence-corrected chi connectivity index (χ2v) is 10.9. The molecule has 3 aromatic rings. The van der Waals surface area contributed by atoms with Crippen molar-refractivity contribution in [2.45, 2.75) is 52.7 Å². The fourth-order valence-corrected chi connectivity index (χ4v) is 5.93. The summed E-state index contributed by atoms with van der Waals surface area (Å²) in [5, 5.41) is 11.4. The van der Waals surface area contributed by atoms with Crippen LogP contribution in [0.5, 0.6) is 11.5 Å². The number of phenolic OH excluding ortho intramolecular Hbond substituents is 1. The van der Waals surface area contributed by atoms with Crippen molar-refractivity contribution in [1.29, 1.82) is 0 Å². The largest absolute Gasteiger partial charge is 0.507 e. The van der Waals surface area contributed by atoms with E-state index in [9.17, 15) is 14.7 Å². The lowest BCUT2D eigenvalue weighted by atomic mass is 9.90. The van der Waals surface area contributed by atoms with Crippen molar-refractivity contribution in [2.75, 3.05) is 31.1 Å². The van der Waals surface area contributed by atoms with Gasteiger partial charge in [0.25, 0.3) is 0 Å². The van der Waals surface area contributed by atoms with Crippen LogP contribution in [0, 0.1) is 5.82 Å². The molecular formula is C34H41FN6O4. The van der Waals surface area contributed by atoms with Gasteiger partial charge in [0.15, 0.2) is 5.75 Å². The van der Waals surface area contributed by atoms with Crippen LogP contribution in [0.3, 0.4) is 0 Å². The van der Waals surface area contributed by atoms with Crippen molar-refractivity contribution in [3.8, 4) is 22.6 Å². The van der Waals surface area contributed by atoms with E-state index >= 15 is 4.39 Å². The first-order valence-electron chi connectivity index (χ1n) is 15.0. The van der Waals surface area contributed by atoms with Crippen LogP contribution in [-0.4, -0.2) is 70.0 Å². The van der Waals surface area contributed by atoms with Gasteiger partial charge in [-0.3, -0.25) is 14.4 Å². The number of aromatic nitrogens is 2. The van der Waals surface area contributed by atoms with Crippen LogP contribution >= 0.6 is 0 Å². The number of piperazine rings is 1. The molecule has 2 aliphatic heterocycles. The molecule has 0 bridgehead atoms. The Morgan fingerprint density at radius 1 is 1.24 bits per heavy atom. The first-order valence-corrected chi connectivity index (χ1v) is 15.0. The SMILES string of the molecule is C=CC(=O)N1C[C@H](C)N(c2nc(=O)n3c4c(c(-c5c(O)cccc5F)c(C(=C)C)cc24)OC[C@H]3CN=C/C=C\N)C[C@H]1C.CC. The molecule has 0 saturated carbocycles. The first-order chi connectivity index (χ1) is 21.6. The van der Waals surface area contributed by atoms with Gasteiger partial charge in [-0.05, 0) is 62.9 Å². The topological polar surface area (TPSA) is 126 Å². The van der Waals surface area contributed by atoms with Crippen molar-refractivity contribution in [3.05, 3.63) is 77.6 Å². The molecule has 11 heteroatoms. The molecule has 0 radical (unpaired) electrons. The number of carbonyl (C=O) groups is 1. The highest BCUT2D eigenvalue weighted by Crippen LogP contribution is 2.49. The van der Waals surface area contributed by atoms with Gasteiger partial charge < -0.3 is 25.4 Å². The number of aromatic hydroxyl groups is 1. The number of rotatable bonds is 7. The molecule has 0 spiro atoms. The number of hydrogen-bond acceptors (Lipinski definition) is 8. The molecule has 3 N–H and O–H groups in total. The van der Waals surface area contributed by atoms with E-state index in [0.29, 0.717) is 46.5 Å². The van der Waals surface area contributed by atoms with E-state index < -0.39 is 17.5 Å². The van der Waals surface area contributed by atoms with Gasteiger partial charge in [-0.25, -0.2) is 9.18 Å². The molecule has 0 unspecified atom stereocenters. The van der Waals surface area contributed by atoms with Crippen LogP contribution in [0.15, 0.2) is 65.6 Å². The number of ether oxygens (including phenoxy) is 1. The quantitative estimate of drug-likeness (QED) is 0.281. The summed E-state index contributed by atoms with van der Waals surface area (Å²) in [6.07, 6.45) is 5.77. The molecule has 2 aromatic carbocycles. The fourth-order valence-electron chi connectivity index (χ4n) is 5.93. The fraction of sp³-hybridized carbons (Fsp3) is 0.353. The number of nitrogens with zero attached hydrogens (tertiary/aromatic N) is 5. The van der Waals surface area contributed by atoms with Crippen LogP contribution in [0.4, 0.5) is 10.2 Å². The second-order valence-electron chi connectivity index (χ2n) is 10.9. The molecular weight excluding hydrogens is 575 g/mol. The third-order valence-corrected chi connectivity index (χ3v) is 7.97. The minimum Gasteiger partial charge on any atom is -0.507 e. The highest BCUT2D eigenvalue weighted by molar-refractivity contribution is 6.04. The maximum atomic E-state index is 15.4. The zero-order chi connectivity index (χ0) is 33.0. The van der Waals surface area contributed by atoms with Gasteiger partial charge in [0.1, 0.15) is 24.0 Å². The van der Waals surface area contributed by atoms with Crippen molar-refractivity contribution < 1.29 is 19.0 Å².